The molecule has 0 saturated carbocycles. The van der Waals surface area contributed by atoms with Crippen LogP contribution in [0.4, 0.5) is 10.5 Å². The predicted molar refractivity (Wildman–Crippen MR) is 131 cm³/mol. The number of hydrogen-bond acceptors (Lipinski definition) is 8. The summed E-state index contributed by atoms with van der Waals surface area (Å²) in [5.74, 6) is -1.03. The van der Waals surface area contributed by atoms with E-state index in [0.29, 0.717) is 30.0 Å². The summed E-state index contributed by atoms with van der Waals surface area (Å²) in [4.78, 5) is 53.9. The number of para-hydroxylation sites is 2. The van der Waals surface area contributed by atoms with Gasteiger partial charge in [0.15, 0.2) is 11.5 Å². The summed E-state index contributed by atoms with van der Waals surface area (Å²) in [6.45, 7) is 7.27. The van der Waals surface area contributed by atoms with Gasteiger partial charge in [-0.15, -0.1) is 0 Å². The Hall–Kier alpha value is -4.54. The third-order valence-corrected chi connectivity index (χ3v) is 6.04. The third kappa shape index (κ3) is 4.92. The molecule has 3 aliphatic rings. The topological polar surface area (TPSA) is 124 Å². The van der Waals surface area contributed by atoms with Crippen molar-refractivity contribution in [2.24, 2.45) is 0 Å². The molecule has 2 saturated heterocycles. The number of β-lactam (4-membered cyclic amide) rings is 1. The molecule has 4 rings (SSSR count). The van der Waals surface area contributed by atoms with Gasteiger partial charge in [0.05, 0.1) is 12.8 Å². The van der Waals surface area contributed by atoms with Crippen molar-refractivity contribution >= 4 is 29.6 Å². The lowest BCUT2D eigenvalue weighted by Crippen LogP contribution is -2.73. The van der Waals surface area contributed by atoms with Crippen LogP contribution in [0.2, 0.25) is 0 Å². The minimum Gasteiger partial charge on any atom is -0.495 e. The monoisotopic (exact) mass is 509 g/mol. The van der Waals surface area contributed by atoms with Gasteiger partial charge in [0.1, 0.15) is 37.7 Å². The van der Waals surface area contributed by atoms with Gasteiger partial charge in [-0.05, 0) is 24.6 Å². The third-order valence-electron chi connectivity index (χ3n) is 6.04. The maximum absolute atomic E-state index is 13.2. The zero-order chi connectivity index (χ0) is 26.5. The van der Waals surface area contributed by atoms with Crippen LogP contribution >= 0.6 is 0 Å². The smallest absolute Gasteiger partial charge is 0.408 e. The minimum absolute atomic E-state index is 0.0140. The molecule has 0 aliphatic carbocycles. The van der Waals surface area contributed by atoms with E-state index in [0.717, 1.165) is 0 Å². The molecule has 3 heterocycles. The highest BCUT2D eigenvalue weighted by molar-refractivity contribution is 6.09. The number of nitrogens with zero attached hydrogens (tertiary/aromatic N) is 2. The summed E-state index contributed by atoms with van der Waals surface area (Å²) in [6.07, 6.45) is 3.84. The maximum atomic E-state index is 13.2. The normalized spacial score (nSPS) is 21.6. The molecule has 1 aromatic rings. The van der Waals surface area contributed by atoms with Crippen molar-refractivity contribution in [1.29, 1.82) is 0 Å². The summed E-state index contributed by atoms with van der Waals surface area (Å²) in [7, 11) is 1.53. The largest absolute Gasteiger partial charge is 0.495 e. The fourth-order valence-corrected chi connectivity index (χ4v) is 4.32. The summed E-state index contributed by atoms with van der Waals surface area (Å²) in [5, 5.41) is 2.47. The number of ether oxygens (including phenoxy) is 4. The number of carbonyl (C=O) groups is 4. The van der Waals surface area contributed by atoms with Gasteiger partial charge >= 0.3 is 12.1 Å². The number of hydrogen-bond donors (Lipinski definition) is 1. The molecule has 0 aromatic heterocycles. The molecule has 0 radical (unpaired) electrons. The van der Waals surface area contributed by atoms with Gasteiger partial charge in [-0.2, -0.15) is 0 Å². The molecule has 3 amide bonds. The average Bonchev–Trinajstić information content (AvgIpc) is 3.28. The first-order valence-corrected chi connectivity index (χ1v) is 11.6. The van der Waals surface area contributed by atoms with E-state index in [1.807, 2.05) is 6.07 Å². The maximum Gasteiger partial charge on any atom is 0.408 e. The van der Waals surface area contributed by atoms with Crippen LogP contribution in [-0.2, 0) is 28.6 Å². The highest BCUT2D eigenvalue weighted by Crippen LogP contribution is 2.36. The second-order valence-corrected chi connectivity index (χ2v) is 8.24. The van der Waals surface area contributed by atoms with E-state index >= 15 is 0 Å². The first-order valence-electron chi connectivity index (χ1n) is 11.6. The predicted octanol–water partition coefficient (Wildman–Crippen LogP) is 1.82. The van der Waals surface area contributed by atoms with Crippen LogP contribution in [0, 0.1) is 0 Å². The van der Waals surface area contributed by atoms with Crippen molar-refractivity contribution in [3.63, 3.8) is 0 Å². The van der Waals surface area contributed by atoms with E-state index in [9.17, 15) is 19.2 Å². The Morgan fingerprint density at radius 3 is 2.62 bits per heavy atom. The number of amides is 3. The summed E-state index contributed by atoms with van der Waals surface area (Å²) >= 11 is 0. The van der Waals surface area contributed by atoms with Crippen molar-refractivity contribution < 1.29 is 38.1 Å². The molecule has 3 aliphatic heterocycles. The van der Waals surface area contributed by atoms with Gasteiger partial charge < -0.3 is 29.2 Å². The number of allylic oxidation sites excluding steroid dienone is 1. The highest BCUT2D eigenvalue weighted by Gasteiger charge is 2.55. The van der Waals surface area contributed by atoms with Crippen molar-refractivity contribution in [3.05, 3.63) is 72.7 Å². The Morgan fingerprint density at radius 1 is 1.16 bits per heavy atom. The van der Waals surface area contributed by atoms with Crippen LogP contribution in [0.3, 0.4) is 0 Å². The van der Waals surface area contributed by atoms with E-state index in [2.05, 4.69) is 18.5 Å². The molecule has 11 heteroatoms. The summed E-state index contributed by atoms with van der Waals surface area (Å²) < 4.78 is 21.3. The van der Waals surface area contributed by atoms with Crippen LogP contribution < -0.4 is 15.0 Å². The number of anilines is 1. The van der Waals surface area contributed by atoms with E-state index in [-0.39, 0.29) is 37.2 Å². The van der Waals surface area contributed by atoms with Crippen molar-refractivity contribution in [2.45, 2.75) is 18.5 Å². The van der Waals surface area contributed by atoms with Gasteiger partial charge in [0, 0.05) is 12.1 Å². The number of benzene rings is 1. The molecule has 194 valence electrons. The molecule has 0 unspecified atom stereocenters. The fraction of sp³-hybridized carbons (Fsp3) is 0.308. The van der Waals surface area contributed by atoms with Crippen LogP contribution in [0.1, 0.15) is 6.42 Å². The molecule has 1 N–H and O–H groups in total. The first-order chi connectivity index (χ1) is 17.9. The summed E-state index contributed by atoms with van der Waals surface area (Å²) in [5.41, 5.74) is 0.874. The molecule has 37 heavy (non-hydrogen) atoms. The second-order valence-electron chi connectivity index (χ2n) is 8.24. The van der Waals surface area contributed by atoms with Crippen molar-refractivity contribution in [3.8, 4) is 5.75 Å². The summed E-state index contributed by atoms with van der Waals surface area (Å²) in [6, 6.07) is 5.57. The lowest BCUT2D eigenvalue weighted by atomic mass is 9.92. The van der Waals surface area contributed by atoms with Crippen molar-refractivity contribution in [1.82, 2.24) is 10.2 Å². The van der Waals surface area contributed by atoms with Crippen molar-refractivity contribution in [2.75, 3.05) is 38.4 Å². The number of esters is 1. The van der Waals surface area contributed by atoms with E-state index in [1.165, 1.54) is 30.2 Å². The van der Waals surface area contributed by atoms with E-state index in [1.54, 1.807) is 23.1 Å². The Balaban J connectivity index is 1.61. The number of alkyl carbamates (subject to hydrolysis) is 1. The minimum atomic E-state index is -0.942. The van der Waals surface area contributed by atoms with Gasteiger partial charge in [0.25, 0.3) is 11.8 Å². The number of nitrogens with one attached hydrogen (secondary N) is 1. The molecule has 0 bridgehead atoms. The SMILES string of the molecule is C=CCOC(=O)N[C@@H]1C(=O)N2C(C(=O)OCC=C)=C(/C=C3\CCN(c4ccccc4OC)C3=O)OC[C@H]12. The number of carbonyl (C=O) groups excluding carboxylic acids is 4. The number of rotatable bonds is 9. The average molecular weight is 510 g/mol. The Labute approximate surface area is 213 Å². The Morgan fingerprint density at radius 2 is 1.89 bits per heavy atom. The molecule has 11 nitrogen and oxygen atoms in total. The van der Waals surface area contributed by atoms with E-state index < -0.39 is 30.1 Å². The second kappa shape index (κ2) is 11.0. The van der Waals surface area contributed by atoms with E-state index in [4.69, 9.17) is 18.9 Å². The van der Waals surface area contributed by atoms with Gasteiger partial charge in [-0.3, -0.25) is 14.5 Å². The quantitative estimate of drug-likeness (QED) is 0.231. The van der Waals surface area contributed by atoms with Gasteiger partial charge in [0.2, 0.25) is 0 Å². The fourth-order valence-electron chi connectivity index (χ4n) is 4.32. The zero-order valence-corrected chi connectivity index (χ0v) is 20.3. The van der Waals surface area contributed by atoms with Gasteiger partial charge in [-0.25, -0.2) is 9.59 Å². The lowest BCUT2D eigenvalue weighted by Gasteiger charge is -2.49. The number of fused-ring (bicyclic) bond motifs is 1. The molecule has 2 fully saturated rings. The molecule has 2 atom stereocenters. The van der Waals surface area contributed by atoms with Crippen LogP contribution in [0.25, 0.3) is 0 Å². The zero-order valence-electron chi connectivity index (χ0n) is 20.3. The molecular weight excluding hydrogens is 482 g/mol. The van der Waals surface area contributed by atoms with Crippen LogP contribution in [0.15, 0.2) is 72.7 Å². The lowest BCUT2D eigenvalue weighted by molar-refractivity contribution is -0.160. The highest BCUT2D eigenvalue weighted by atomic mass is 16.6. The molecule has 0 spiro atoms. The molecular formula is C26H27N3O8. The van der Waals surface area contributed by atoms with Gasteiger partial charge in [-0.1, -0.05) is 37.4 Å². The Kier molecular flexibility index (Phi) is 7.61. The van der Waals surface area contributed by atoms with Crippen LogP contribution in [0.5, 0.6) is 5.75 Å². The first kappa shape index (κ1) is 25.5. The van der Waals surface area contributed by atoms with Crippen LogP contribution in [-0.4, -0.2) is 74.3 Å². The molecule has 1 aromatic carbocycles. The Bertz CT molecular complexity index is 1200. The standard InChI is InChI=1S/C26H27N3O8/c1-4-12-35-25(32)22-20(37-15-18-21(24(31)29(18)22)27-26(33)36-13-5-2)14-16-10-11-28(23(16)30)17-8-6-7-9-19(17)34-3/h4-9,14,18,21H,1-2,10-13,15H2,3H3,(H,27,33)/b16-14+/t18-,21+/m1/s1. The number of methoxy groups -OCH3 is 1.